The first-order valence-corrected chi connectivity index (χ1v) is 9.63. The molecule has 1 aromatic rings. The fourth-order valence-corrected chi connectivity index (χ4v) is 4.35. The van der Waals surface area contributed by atoms with Crippen LogP contribution >= 0.6 is 23.4 Å². The van der Waals surface area contributed by atoms with Crippen LogP contribution in [0.4, 0.5) is 0 Å². The summed E-state index contributed by atoms with van der Waals surface area (Å²) in [6, 6.07) is 6.22. The predicted molar refractivity (Wildman–Crippen MR) is 102 cm³/mol. The molecule has 1 aliphatic rings. The minimum absolute atomic E-state index is 0.144. The van der Waals surface area contributed by atoms with Crippen molar-refractivity contribution in [1.82, 2.24) is 0 Å². The van der Waals surface area contributed by atoms with Crippen LogP contribution in [-0.2, 0) is 28.5 Å². The molecule has 0 amide bonds. The first-order valence-electron chi connectivity index (χ1n) is 8.37. The van der Waals surface area contributed by atoms with Gasteiger partial charge in [-0.1, -0.05) is 23.4 Å². The highest BCUT2D eigenvalue weighted by Crippen LogP contribution is 2.37. The smallest absolute Gasteiger partial charge is 0.303 e. The molecule has 0 saturated carbocycles. The van der Waals surface area contributed by atoms with Crippen LogP contribution in [-0.4, -0.2) is 55.4 Å². The van der Waals surface area contributed by atoms with Gasteiger partial charge in [-0.3, -0.25) is 9.59 Å². The summed E-state index contributed by atoms with van der Waals surface area (Å²) < 4.78 is 21.8. The second-order valence-corrected chi connectivity index (χ2v) is 7.64. The van der Waals surface area contributed by atoms with Gasteiger partial charge < -0.3 is 24.7 Å². The molecule has 2 N–H and O–H groups in total. The van der Waals surface area contributed by atoms with E-state index in [2.05, 4.69) is 6.07 Å². The van der Waals surface area contributed by atoms with Gasteiger partial charge in [0.15, 0.2) is 0 Å². The van der Waals surface area contributed by atoms with Gasteiger partial charge in [-0.15, -0.1) is 0 Å². The number of nitrogens with two attached hydrogens (primary N) is 1. The Hall–Kier alpha value is -1.83. The predicted octanol–water partition coefficient (Wildman–Crippen LogP) is 1.87. The molecule has 152 valence electrons. The maximum absolute atomic E-state index is 11.5. The van der Waals surface area contributed by atoms with Crippen LogP contribution in [0, 0.1) is 11.3 Å². The number of nitrogens with zero attached hydrogens (tertiary/aromatic N) is 1. The number of ether oxygens (including phenoxy) is 4. The molecule has 1 heterocycles. The fourth-order valence-electron chi connectivity index (χ4n) is 2.80. The van der Waals surface area contributed by atoms with E-state index < -0.39 is 41.7 Å². The van der Waals surface area contributed by atoms with Gasteiger partial charge >= 0.3 is 11.9 Å². The molecular weight excluding hydrogens is 408 g/mol. The minimum atomic E-state index is -0.867. The SMILES string of the molecule is COC1C(Sc2cc(Cl)ccc2C#N)OC(COC(C)=O)C(OC(C)=O)C1N. The van der Waals surface area contributed by atoms with Gasteiger partial charge in [0, 0.05) is 30.9 Å². The van der Waals surface area contributed by atoms with Crippen molar-refractivity contribution in [2.75, 3.05) is 13.7 Å². The summed E-state index contributed by atoms with van der Waals surface area (Å²) in [4.78, 5) is 23.3. The molecule has 0 aromatic heterocycles. The van der Waals surface area contributed by atoms with Gasteiger partial charge in [0.1, 0.15) is 36.4 Å². The lowest BCUT2D eigenvalue weighted by Gasteiger charge is -2.43. The number of nitriles is 1. The van der Waals surface area contributed by atoms with Gasteiger partial charge in [-0.05, 0) is 18.2 Å². The molecule has 1 saturated heterocycles. The Morgan fingerprint density at radius 2 is 2.04 bits per heavy atom. The number of esters is 2. The number of rotatable bonds is 6. The second-order valence-electron chi connectivity index (χ2n) is 6.07. The number of carbonyl (C=O) groups is 2. The summed E-state index contributed by atoms with van der Waals surface area (Å²) >= 11 is 7.26. The summed E-state index contributed by atoms with van der Waals surface area (Å²) in [7, 11) is 1.46. The molecule has 0 spiro atoms. The molecule has 8 nitrogen and oxygen atoms in total. The molecule has 5 unspecified atom stereocenters. The van der Waals surface area contributed by atoms with Gasteiger partial charge in [0.2, 0.25) is 0 Å². The number of methoxy groups -OCH3 is 1. The van der Waals surface area contributed by atoms with E-state index in [9.17, 15) is 14.9 Å². The molecule has 2 rings (SSSR count). The fraction of sp³-hybridized carbons (Fsp3) is 0.500. The number of benzene rings is 1. The average molecular weight is 429 g/mol. The van der Waals surface area contributed by atoms with Crippen LogP contribution in [0.2, 0.25) is 5.02 Å². The van der Waals surface area contributed by atoms with Crippen molar-refractivity contribution in [3.8, 4) is 6.07 Å². The highest BCUT2D eigenvalue weighted by atomic mass is 35.5. The second kappa shape index (κ2) is 10.1. The number of carbonyl (C=O) groups excluding carboxylic acids is 2. The van der Waals surface area contributed by atoms with Crippen LogP contribution in [0.15, 0.2) is 23.1 Å². The molecule has 1 aromatic carbocycles. The van der Waals surface area contributed by atoms with E-state index in [1.165, 1.54) is 32.7 Å². The van der Waals surface area contributed by atoms with Crippen molar-refractivity contribution >= 4 is 35.3 Å². The molecule has 0 radical (unpaired) electrons. The Morgan fingerprint density at radius 3 is 2.61 bits per heavy atom. The Kier molecular flexibility index (Phi) is 8.10. The van der Waals surface area contributed by atoms with E-state index in [4.69, 9.17) is 36.3 Å². The van der Waals surface area contributed by atoms with Crippen molar-refractivity contribution in [3.05, 3.63) is 28.8 Å². The van der Waals surface area contributed by atoms with E-state index in [-0.39, 0.29) is 6.61 Å². The highest BCUT2D eigenvalue weighted by molar-refractivity contribution is 7.99. The standard InChI is InChI=1S/C18H21ClN2O6S/c1-9(22)25-8-13-16(26-10(2)23)15(21)17(24-3)18(27-13)28-14-6-12(19)5-4-11(14)7-20/h4-6,13,15-18H,8,21H2,1-3H3. The lowest BCUT2D eigenvalue weighted by molar-refractivity contribution is -0.196. The van der Waals surface area contributed by atoms with Crippen LogP contribution in [0.1, 0.15) is 19.4 Å². The molecule has 0 aliphatic carbocycles. The third-order valence-electron chi connectivity index (χ3n) is 4.03. The average Bonchev–Trinajstić information content (AvgIpc) is 2.62. The van der Waals surface area contributed by atoms with E-state index in [0.29, 0.717) is 15.5 Å². The topological polar surface area (TPSA) is 121 Å². The third-order valence-corrected chi connectivity index (χ3v) is 5.47. The van der Waals surface area contributed by atoms with Crippen molar-refractivity contribution in [1.29, 1.82) is 5.26 Å². The number of hydrogen-bond acceptors (Lipinski definition) is 9. The maximum Gasteiger partial charge on any atom is 0.303 e. The first-order chi connectivity index (χ1) is 13.3. The molecular formula is C18H21ClN2O6S. The van der Waals surface area contributed by atoms with E-state index in [0.717, 1.165) is 0 Å². The largest absolute Gasteiger partial charge is 0.463 e. The Morgan fingerprint density at radius 1 is 1.32 bits per heavy atom. The van der Waals surface area contributed by atoms with Crippen LogP contribution in [0.3, 0.4) is 0 Å². The normalized spacial score (nSPS) is 26.9. The number of hydrogen-bond donors (Lipinski definition) is 1. The molecule has 0 bridgehead atoms. The molecule has 1 fully saturated rings. The Labute approximate surface area is 172 Å². The maximum atomic E-state index is 11.5. The highest BCUT2D eigenvalue weighted by Gasteiger charge is 2.47. The van der Waals surface area contributed by atoms with Crippen LogP contribution < -0.4 is 5.73 Å². The van der Waals surface area contributed by atoms with Gasteiger partial charge in [0.05, 0.1) is 11.6 Å². The summed E-state index contributed by atoms with van der Waals surface area (Å²) in [5.74, 6) is -1.04. The minimum Gasteiger partial charge on any atom is -0.463 e. The monoisotopic (exact) mass is 428 g/mol. The van der Waals surface area contributed by atoms with Crippen LogP contribution in [0.5, 0.6) is 0 Å². The molecule has 5 atom stereocenters. The lowest BCUT2D eigenvalue weighted by Crippen LogP contribution is -2.63. The molecule has 10 heteroatoms. The zero-order valence-electron chi connectivity index (χ0n) is 15.6. The van der Waals surface area contributed by atoms with E-state index >= 15 is 0 Å². The summed E-state index contributed by atoms with van der Waals surface area (Å²) in [5, 5.41) is 9.80. The van der Waals surface area contributed by atoms with E-state index in [1.54, 1.807) is 18.2 Å². The van der Waals surface area contributed by atoms with Crippen molar-refractivity contribution < 1.29 is 28.5 Å². The van der Waals surface area contributed by atoms with Gasteiger partial charge in [-0.2, -0.15) is 5.26 Å². The first kappa shape index (κ1) is 22.5. The van der Waals surface area contributed by atoms with Gasteiger partial charge in [-0.25, -0.2) is 0 Å². The third kappa shape index (κ3) is 5.59. The summed E-state index contributed by atoms with van der Waals surface area (Å²) in [5.41, 5.74) is 6.06. The zero-order valence-corrected chi connectivity index (χ0v) is 17.2. The van der Waals surface area contributed by atoms with Gasteiger partial charge in [0.25, 0.3) is 0 Å². The van der Waals surface area contributed by atoms with Crippen molar-refractivity contribution in [2.24, 2.45) is 5.73 Å². The molecule has 1 aliphatic heterocycles. The molecule has 28 heavy (non-hydrogen) atoms. The quantitative estimate of drug-likeness (QED) is 0.676. The summed E-state index contributed by atoms with van der Waals surface area (Å²) in [6.45, 7) is 2.37. The zero-order chi connectivity index (χ0) is 20.8. The van der Waals surface area contributed by atoms with Crippen LogP contribution in [0.25, 0.3) is 0 Å². The number of halogens is 1. The Bertz CT molecular complexity index is 771. The summed E-state index contributed by atoms with van der Waals surface area (Å²) in [6.07, 6.45) is -2.32. The van der Waals surface area contributed by atoms with Crippen molar-refractivity contribution in [3.63, 3.8) is 0 Å². The van der Waals surface area contributed by atoms with Crippen molar-refractivity contribution in [2.45, 2.75) is 48.5 Å². The van der Waals surface area contributed by atoms with E-state index in [1.807, 2.05) is 0 Å². The lowest BCUT2D eigenvalue weighted by atomic mass is 9.98. The Balaban J connectivity index is 2.30. The number of thioether (sulfide) groups is 1.